The van der Waals surface area contributed by atoms with Gasteiger partial charge in [0.05, 0.1) is 22.3 Å². The SMILES string of the molecule is Cc1nc2ccc(Cl)cc2cc1C(=O)N1CCN(Cc2cccc3cccnc23)CC1. The Morgan fingerprint density at radius 3 is 2.65 bits per heavy atom. The monoisotopic (exact) mass is 430 g/mol. The molecule has 3 heterocycles. The van der Waals surface area contributed by atoms with Gasteiger partial charge in [-0.3, -0.25) is 19.7 Å². The molecule has 1 amide bonds. The number of rotatable bonds is 3. The largest absolute Gasteiger partial charge is 0.336 e. The van der Waals surface area contributed by atoms with Gasteiger partial charge in [0.25, 0.3) is 5.91 Å². The van der Waals surface area contributed by atoms with Crippen LogP contribution in [0.15, 0.2) is 60.8 Å². The van der Waals surface area contributed by atoms with Crippen molar-refractivity contribution in [1.29, 1.82) is 0 Å². The predicted octanol–water partition coefficient (Wildman–Crippen LogP) is 4.70. The first-order valence-corrected chi connectivity index (χ1v) is 10.9. The number of aromatic nitrogens is 2. The van der Waals surface area contributed by atoms with E-state index in [0.717, 1.165) is 47.1 Å². The van der Waals surface area contributed by atoms with Crippen LogP contribution < -0.4 is 0 Å². The Labute approximate surface area is 186 Å². The van der Waals surface area contributed by atoms with Crippen molar-refractivity contribution in [2.24, 2.45) is 0 Å². The number of para-hydroxylation sites is 1. The number of carbonyl (C=O) groups is 1. The van der Waals surface area contributed by atoms with Crippen LogP contribution >= 0.6 is 11.6 Å². The average molecular weight is 431 g/mol. The van der Waals surface area contributed by atoms with Crippen LogP contribution in [-0.4, -0.2) is 51.9 Å². The van der Waals surface area contributed by atoms with Crippen LogP contribution in [0.25, 0.3) is 21.8 Å². The minimum absolute atomic E-state index is 0.0401. The fourth-order valence-electron chi connectivity index (χ4n) is 4.28. The minimum atomic E-state index is 0.0401. The fraction of sp³-hybridized carbons (Fsp3) is 0.240. The fourth-order valence-corrected chi connectivity index (χ4v) is 4.46. The molecule has 31 heavy (non-hydrogen) atoms. The Balaban J connectivity index is 1.30. The highest BCUT2D eigenvalue weighted by molar-refractivity contribution is 6.31. The topological polar surface area (TPSA) is 49.3 Å². The lowest BCUT2D eigenvalue weighted by atomic mass is 10.1. The molecule has 0 saturated carbocycles. The minimum Gasteiger partial charge on any atom is -0.336 e. The molecule has 0 bridgehead atoms. The van der Waals surface area contributed by atoms with Crippen LogP contribution in [0.1, 0.15) is 21.6 Å². The van der Waals surface area contributed by atoms with Gasteiger partial charge in [-0.05, 0) is 42.8 Å². The number of benzene rings is 2. The molecule has 0 spiro atoms. The number of piperazine rings is 1. The van der Waals surface area contributed by atoms with E-state index in [-0.39, 0.29) is 5.91 Å². The second-order valence-electron chi connectivity index (χ2n) is 8.02. The Hall–Kier alpha value is -3.02. The highest BCUT2D eigenvalue weighted by atomic mass is 35.5. The third-order valence-electron chi connectivity index (χ3n) is 5.97. The van der Waals surface area contributed by atoms with Gasteiger partial charge in [0.1, 0.15) is 0 Å². The van der Waals surface area contributed by atoms with Crippen molar-refractivity contribution in [3.8, 4) is 0 Å². The molecule has 1 aliphatic rings. The van der Waals surface area contributed by atoms with Gasteiger partial charge in [-0.15, -0.1) is 0 Å². The molecular weight excluding hydrogens is 408 g/mol. The molecule has 4 aromatic rings. The predicted molar refractivity (Wildman–Crippen MR) is 124 cm³/mol. The maximum absolute atomic E-state index is 13.2. The zero-order valence-electron chi connectivity index (χ0n) is 17.4. The lowest BCUT2D eigenvalue weighted by Gasteiger charge is -2.35. The number of hydrogen-bond donors (Lipinski definition) is 0. The highest BCUT2D eigenvalue weighted by Gasteiger charge is 2.24. The van der Waals surface area contributed by atoms with Crippen LogP contribution in [-0.2, 0) is 6.54 Å². The summed E-state index contributed by atoms with van der Waals surface area (Å²) in [6.07, 6.45) is 1.84. The Morgan fingerprint density at radius 2 is 1.81 bits per heavy atom. The molecule has 156 valence electrons. The molecule has 6 heteroatoms. The summed E-state index contributed by atoms with van der Waals surface area (Å²) in [6.45, 7) is 5.80. The Bertz CT molecular complexity index is 1280. The van der Waals surface area contributed by atoms with E-state index in [1.54, 1.807) is 0 Å². The molecule has 0 atom stereocenters. The lowest BCUT2D eigenvalue weighted by Crippen LogP contribution is -2.48. The van der Waals surface area contributed by atoms with Gasteiger partial charge >= 0.3 is 0 Å². The summed E-state index contributed by atoms with van der Waals surface area (Å²) in [5, 5.41) is 2.70. The average Bonchev–Trinajstić information content (AvgIpc) is 2.79. The summed E-state index contributed by atoms with van der Waals surface area (Å²) in [7, 11) is 0. The van der Waals surface area contributed by atoms with Crippen LogP contribution in [0.3, 0.4) is 0 Å². The number of nitrogens with zero attached hydrogens (tertiary/aromatic N) is 4. The summed E-state index contributed by atoms with van der Waals surface area (Å²) >= 11 is 6.12. The molecule has 5 rings (SSSR count). The molecule has 0 N–H and O–H groups in total. The second-order valence-corrected chi connectivity index (χ2v) is 8.46. The first-order chi connectivity index (χ1) is 15.1. The van der Waals surface area contributed by atoms with E-state index in [1.807, 2.05) is 48.4 Å². The highest BCUT2D eigenvalue weighted by Crippen LogP contribution is 2.23. The number of aryl methyl sites for hydroxylation is 1. The molecule has 0 aliphatic carbocycles. The van der Waals surface area contributed by atoms with E-state index < -0.39 is 0 Å². The zero-order valence-corrected chi connectivity index (χ0v) is 18.1. The second kappa shape index (κ2) is 8.25. The molecule has 0 unspecified atom stereocenters. The van der Waals surface area contributed by atoms with E-state index >= 15 is 0 Å². The van der Waals surface area contributed by atoms with Gasteiger partial charge in [-0.2, -0.15) is 0 Å². The Morgan fingerprint density at radius 1 is 1.00 bits per heavy atom. The van der Waals surface area contributed by atoms with Crippen LogP contribution in [0.4, 0.5) is 0 Å². The van der Waals surface area contributed by atoms with Gasteiger partial charge in [0, 0.05) is 54.7 Å². The Kier molecular flexibility index (Phi) is 5.30. The molecule has 1 aliphatic heterocycles. The van der Waals surface area contributed by atoms with Crippen molar-refractivity contribution >= 4 is 39.3 Å². The number of pyridine rings is 2. The lowest BCUT2D eigenvalue weighted by molar-refractivity contribution is 0.0628. The van der Waals surface area contributed by atoms with E-state index in [4.69, 9.17) is 11.6 Å². The molecule has 5 nitrogen and oxygen atoms in total. The molecule has 2 aromatic heterocycles. The van der Waals surface area contributed by atoms with Gasteiger partial charge in [-0.25, -0.2) is 0 Å². The van der Waals surface area contributed by atoms with Crippen molar-refractivity contribution < 1.29 is 4.79 Å². The smallest absolute Gasteiger partial charge is 0.255 e. The summed E-state index contributed by atoms with van der Waals surface area (Å²) in [5.74, 6) is 0.0401. The quantitative estimate of drug-likeness (QED) is 0.472. The third-order valence-corrected chi connectivity index (χ3v) is 6.20. The number of fused-ring (bicyclic) bond motifs is 2. The third kappa shape index (κ3) is 3.99. The normalized spacial score (nSPS) is 15.0. The maximum Gasteiger partial charge on any atom is 0.255 e. The first-order valence-electron chi connectivity index (χ1n) is 10.5. The van der Waals surface area contributed by atoms with E-state index in [1.165, 1.54) is 5.56 Å². The molecule has 1 saturated heterocycles. The van der Waals surface area contributed by atoms with Gasteiger partial charge < -0.3 is 4.90 Å². The summed E-state index contributed by atoms with van der Waals surface area (Å²) in [6, 6.07) is 17.9. The molecule has 1 fully saturated rings. The van der Waals surface area contributed by atoms with Crippen molar-refractivity contribution in [3.05, 3.63) is 82.6 Å². The maximum atomic E-state index is 13.2. The van der Waals surface area contributed by atoms with Crippen LogP contribution in [0.2, 0.25) is 5.02 Å². The molecule has 2 aromatic carbocycles. The standard InChI is InChI=1S/C25H23ClN4O/c1-17-22(15-20-14-21(26)7-8-23(20)28-17)25(31)30-12-10-29(11-13-30)16-19-5-2-4-18-6-3-9-27-24(18)19/h2-9,14-15H,10-13,16H2,1H3. The molecular formula is C25H23ClN4O. The molecule has 0 radical (unpaired) electrons. The van der Waals surface area contributed by atoms with Crippen LogP contribution in [0, 0.1) is 6.92 Å². The van der Waals surface area contributed by atoms with E-state index in [9.17, 15) is 4.79 Å². The number of amides is 1. The van der Waals surface area contributed by atoms with E-state index in [2.05, 4.69) is 39.1 Å². The van der Waals surface area contributed by atoms with Crippen molar-refractivity contribution in [3.63, 3.8) is 0 Å². The summed E-state index contributed by atoms with van der Waals surface area (Å²) in [5.41, 5.74) is 4.54. The van der Waals surface area contributed by atoms with Crippen molar-refractivity contribution in [2.75, 3.05) is 26.2 Å². The number of hydrogen-bond acceptors (Lipinski definition) is 4. The van der Waals surface area contributed by atoms with Gasteiger partial charge in [0.15, 0.2) is 0 Å². The van der Waals surface area contributed by atoms with E-state index in [0.29, 0.717) is 23.7 Å². The number of halogens is 1. The zero-order chi connectivity index (χ0) is 21.4. The number of carbonyl (C=O) groups excluding carboxylic acids is 1. The first kappa shape index (κ1) is 19.9. The van der Waals surface area contributed by atoms with Crippen molar-refractivity contribution in [2.45, 2.75) is 13.5 Å². The van der Waals surface area contributed by atoms with Crippen molar-refractivity contribution in [1.82, 2.24) is 19.8 Å². The summed E-state index contributed by atoms with van der Waals surface area (Å²) < 4.78 is 0. The summed E-state index contributed by atoms with van der Waals surface area (Å²) in [4.78, 5) is 26.7. The van der Waals surface area contributed by atoms with Gasteiger partial charge in [0.2, 0.25) is 0 Å². The van der Waals surface area contributed by atoms with Gasteiger partial charge in [-0.1, -0.05) is 35.9 Å². The van der Waals surface area contributed by atoms with Crippen LogP contribution in [0.5, 0.6) is 0 Å².